The first kappa shape index (κ1) is 18.9. The van der Waals surface area contributed by atoms with Crippen molar-refractivity contribution in [1.82, 2.24) is 14.8 Å². The summed E-state index contributed by atoms with van der Waals surface area (Å²) in [5, 5.41) is 0.669. The number of amides is 1. The minimum Gasteiger partial charge on any atom is -0.341 e. The number of carbonyl (C=O) groups excluding carboxylic acids is 1. The molecule has 3 rings (SSSR count). The van der Waals surface area contributed by atoms with Gasteiger partial charge in [0.2, 0.25) is 5.91 Å². The zero-order chi connectivity index (χ0) is 18.4. The first-order valence-electron chi connectivity index (χ1n) is 9.31. The Morgan fingerprint density at radius 2 is 2.04 bits per heavy atom. The van der Waals surface area contributed by atoms with Crippen LogP contribution in [0.5, 0.6) is 0 Å². The summed E-state index contributed by atoms with van der Waals surface area (Å²) in [6.45, 7) is 5.69. The Bertz CT molecular complexity index is 722. The number of hydrogen-bond acceptors (Lipinski definition) is 3. The van der Waals surface area contributed by atoms with Crippen LogP contribution in [0.2, 0.25) is 5.02 Å². The molecule has 0 N–H and O–H groups in total. The molecule has 0 aliphatic carbocycles. The number of aromatic nitrogens is 1. The van der Waals surface area contributed by atoms with Crippen molar-refractivity contribution < 1.29 is 4.79 Å². The van der Waals surface area contributed by atoms with Crippen LogP contribution >= 0.6 is 11.6 Å². The molecule has 0 spiro atoms. The predicted octanol–water partition coefficient (Wildman–Crippen LogP) is 3.79. The summed E-state index contributed by atoms with van der Waals surface area (Å²) in [5.74, 6) is 0.169. The van der Waals surface area contributed by atoms with Gasteiger partial charge in [-0.15, -0.1) is 0 Å². The van der Waals surface area contributed by atoms with E-state index >= 15 is 0 Å². The molecule has 1 atom stereocenters. The zero-order valence-electron chi connectivity index (χ0n) is 15.3. The number of hydrogen-bond donors (Lipinski definition) is 0. The van der Waals surface area contributed by atoms with Gasteiger partial charge in [-0.1, -0.05) is 36.7 Å². The summed E-state index contributed by atoms with van der Waals surface area (Å²) in [6.07, 6.45) is 6.23. The number of pyridine rings is 1. The van der Waals surface area contributed by atoms with Crippen molar-refractivity contribution in [1.29, 1.82) is 0 Å². The predicted molar refractivity (Wildman–Crippen MR) is 105 cm³/mol. The van der Waals surface area contributed by atoms with Gasteiger partial charge in [0, 0.05) is 43.1 Å². The summed E-state index contributed by atoms with van der Waals surface area (Å²) in [7, 11) is 0. The lowest BCUT2D eigenvalue weighted by Crippen LogP contribution is -2.49. The Labute approximate surface area is 160 Å². The molecule has 2 aromatic rings. The van der Waals surface area contributed by atoms with Crippen LogP contribution in [0.1, 0.15) is 30.9 Å². The monoisotopic (exact) mass is 371 g/mol. The minimum absolute atomic E-state index is 0.169. The van der Waals surface area contributed by atoms with E-state index in [1.165, 1.54) is 5.56 Å². The SMILES string of the molecule is CCN(Cc1ccncc1)C1CCCN(C(=O)Cc2ccccc2Cl)C1. The molecule has 2 heterocycles. The summed E-state index contributed by atoms with van der Waals surface area (Å²) < 4.78 is 0. The van der Waals surface area contributed by atoms with Crippen molar-refractivity contribution in [3.8, 4) is 0 Å². The van der Waals surface area contributed by atoms with Gasteiger partial charge in [-0.2, -0.15) is 0 Å². The van der Waals surface area contributed by atoms with Gasteiger partial charge >= 0.3 is 0 Å². The molecule has 0 bridgehead atoms. The number of likely N-dealkylation sites (N-methyl/N-ethyl adjacent to an activating group) is 1. The molecule has 1 aromatic heterocycles. The number of carbonyl (C=O) groups is 1. The third-order valence-electron chi connectivity index (χ3n) is 5.11. The smallest absolute Gasteiger partial charge is 0.227 e. The molecular weight excluding hydrogens is 346 g/mol. The fourth-order valence-electron chi connectivity index (χ4n) is 3.62. The maximum Gasteiger partial charge on any atom is 0.227 e. The third-order valence-corrected chi connectivity index (χ3v) is 5.48. The van der Waals surface area contributed by atoms with Crippen LogP contribution in [0.4, 0.5) is 0 Å². The maximum atomic E-state index is 12.8. The summed E-state index contributed by atoms with van der Waals surface area (Å²) in [6, 6.07) is 12.1. The first-order valence-corrected chi connectivity index (χ1v) is 9.69. The van der Waals surface area contributed by atoms with Crippen molar-refractivity contribution in [3.63, 3.8) is 0 Å². The van der Waals surface area contributed by atoms with Gasteiger partial charge in [0.05, 0.1) is 6.42 Å². The Hall–Kier alpha value is -1.91. The van der Waals surface area contributed by atoms with Gasteiger partial charge < -0.3 is 4.90 Å². The van der Waals surface area contributed by atoms with E-state index in [1.807, 2.05) is 41.6 Å². The molecule has 5 heteroatoms. The van der Waals surface area contributed by atoms with E-state index in [1.54, 1.807) is 0 Å². The van der Waals surface area contributed by atoms with Crippen LogP contribution in [0.3, 0.4) is 0 Å². The van der Waals surface area contributed by atoms with Gasteiger partial charge in [-0.25, -0.2) is 0 Å². The highest BCUT2D eigenvalue weighted by molar-refractivity contribution is 6.31. The van der Waals surface area contributed by atoms with Crippen molar-refractivity contribution >= 4 is 17.5 Å². The van der Waals surface area contributed by atoms with E-state index in [0.29, 0.717) is 17.5 Å². The van der Waals surface area contributed by atoms with E-state index in [9.17, 15) is 4.79 Å². The van der Waals surface area contributed by atoms with Crippen LogP contribution in [0.15, 0.2) is 48.8 Å². The molecule has 138 valence electrons. The van der Waals surface area contributed by atoms with Crippen molar-refractivity contribution in [2.24, 2.45) is 0 Å². The lowest BCUT2D eigenvalue weighted by Gasteiger charge is -2.39. The van der Waals surface area contributed by atoms with Crippen LogP contribution in [0, 0.1) is 0 Å². The van der Waals surface area contributed by atoms with Crippen LogP contribution in [-0.4, -0.2) is 46.4 Å². The number of likely N-dealkylation sites (tertiary alicyclic amines) is 1. The van der Waals surface area contributed by atoms with E-state index < -0.39 is 0 Å². The van der Waals surface area contributed by atoms with Gasteiger partial charge in [0.25, 0.3) is 0 Å². The van der Waals surface area contributed by atoms with Crippen LogP contribution < -0.4 is 0 Å². The molecule has 0 radical (unpaired) electrons. The van der Waals surface area contributed by atoms with Gasteiger partial charge in [-0.05, 0) is 48.7 Å². The maximum absolute atomic E-state index is 12.8. The van der Waals surface area contributed by atoms with E-state index in [4.69, 9.17) is 11.6 Å². The highest BCUT2D eigenvalue weighted by Crippen LogP contribution is 2.21. The molecular formula is C21H26ClN3O. The van der Waals surface area contributed by atoms with E-state index in [2.05, 4.69) is 28.9 Å². The zero-order valence-corrected chi connectivity index (χ0v) is 16.0. The molecule has 1 fully saturated rings. The average molecular weight is 372 g/mol. The average Bonchev–Trinajstić information content (AvgIpc) is 2.69. The molecule has 26 heavy (non-hydrogen) atoms. The number of rotatable bonds is 6. The minimum atomic E-state index is 0.169. The Kier molecular flexibility index (Phi) is 6.64. The lowest BCUT2D eigenvalue weighted by atomic mass is 10.0. The van der Waals surface area contributed by atoms with Crippen molar-refractivity contribution in [2.75, 3.05) is 19.6 Å². The van der Waals surface area contributed by atoms with Crippen molar-refractivity contribution in [3.05, 3.63) is 64.9 Å². The van der Waals surface area contributed by atoms with Crippen molar-refractivity contribution in [2.45, 2.75) is 38.8 Å². The Morgan fingerprint density at radius 3 is 2.77 bits per heavy atom. The largest absolute Gasteiger partial charge is 0.341 e. The second kappa shape index (κ2) is 9.15. The Morgan fingerprint density at radius 1 is 1.27 bits per heavy atom. The molecule has 1 aliphatic heterocycles. The van der Waals surface area contributed by atoms with Crippen LogP contribution in [-0.2, 0) is 17.8 Å². The fraction of sp³-hybridized carbons (Fsp3) is 0.429. The van der Waals surface area contributed by atoms with Gasteiger partial charge in [0.15, 0.2) is 0 Å². The lowest BCUT2D eigenvalue weighted by molar-refractivity contribution is -0.132. The Balaban J connectivity index is 1.62. The highest BCUT2D eigenvalue weighted by atomic mass is 35.5. The second-order valence-electron chi connectivity index (χ2n) is 6.82. The molecule has 1 aliphatic rings. The topological polar surface area (TPSA) is 36.4 Å². The summed E-state index contributed by atoms with van der Waals surface area (Å²) in [4.78, 5) is 21.3. The van der Waals surface area contributed by atoms with E-state index in [-0.39, 0.29) is 5.91 Å². The van der Waals surface area contributed by atoms with Gasteiger partial charge in [-0.3, -0.25) is 14.7 Å². The molecule has 1 aromatic carbocycles. The molecule has 4 nitrogen and oxygen atoms in total. The molecule has 1 unspecified atom stereocenters. The third kappa shape index (κ3) is 4.83. The second-order valence-corrected chi connectivity index (χ2v) is 7.23. The number of halogens is 1. The first-order chi connectivity index (χ1) is 12.7. The molecule has 0 saturated carbocycles. The number of benzene rings is 1. The van der Waals surface area contributed by atoms with Gasteiger partial charge in [0.1, 0.15) is 0 Å². The molecule has 1 amide bonds. The molecule has 1 saturated heterocycles. The standard InChI is InChI=1S/C21H26ClN3O/c1-2-24(15-17-9-11-23-12-10-17)19-7-5-13-25(16-19)21(26)14-18-6-3-4-8-20(18)22/h3-4,6,8-12,19H,2,5,7,13-16H2,1H3. The van der Waals surface area contributed by atoms with Crippen LogP contribution in [0.25, 0.3) is 0 Å². The quantitative estimate of drug-likeness (QED) is 0.775. The summed E-state index contributed by atoms with van der Waals surface area (Å²) >= 11 is 6.22. The fourth-order valence-corrected chi connectivity index (χ4v) is 3.82. The normalized spacial score (nSPS) is 17.5. The summed E-state index contributed by atoms with van der Waals surface area (Å²) in [5.41, 5.74) is 2.17. The highest BCUT2D eigenvalue weighted by Gasteiger charge is 2.27. The number of nitrogens with zero attached hydrogens (tertiary/aromatic N) is 3. The number of piperidine rings is 1. The van der Waals surface area contributed by atoms with E-state index in [0.717, 1.165) is 44.6 Å².